The van der Waals surface area contributed by atoms with E-state index in [2.05, 4.69) is 5.10 Å². The molecule has 0 radical (unpaired) electrons. The highest BCUT2D eigenvalue weighted by Crippen LogP contribution is 2.35. The second-order valence-corrected chi connectivity index (χ2v) is 6.83. The smallest absolute Gasteiger partial charge is 0.267 e. The summed E-state index contributed by atoms with van der Waals surface area (Å²) in [5.41, 5.74) is 0.824. The van der Waals surface area contributed by atoms with Crippen molar-refractivity contribution < 1.29 is 18.0 Å². The van der Waals surface area contributed by atoms with Gasteiger partial charge in [0.05, 0.1) is 32.4 Å². The SMILES string of the molecule is Cc1ccc(Cl)c(C(=O)n2nc(C)c3cc(C(F)(F)F)cc(C)c32)c1Cl. The maximum atomic E-state index is 13.1. The van der Waals surface area contributed by atoms with Crippen LogP contribution in [0.4, 0.5) is 13.2 Å². The van der Waals surface area contributed by atoms with E-state index in [-0.39, 0.29) is 26.6 Å². The summed E-state index contributed by atoms with van der Waals surface area (Å²) in [5.74, 6) is -0.593. The van der Waals surface area contributed by atoms with Gasteiger partial charge in [-0.25, -0.2) is 0 Å². The molecule has 0 unspecified atom stereocenters. The Bertz CT molecular complexity index is 1050. The molecular weight excluding hydrogens is 388 g/mol. The zero-order valence-corrected chi connectivity index (χ0v) is 15.5. The van der Waals surface area contributed by atoms with Crippen molar-refractivity contribution >= 4 is 40.0 Å². The van der Waals surface area contributed by atoms with E-state index in [0.717, 1.165) is 16.8 Å². The molecule has 3 rings (SSSR count). The summed E-state index contributed by atoms with van der Waals surface area (Å²) in [4.78, 5) is 13.0. The summed E-state index contributed by atoms with van der Waals surface area (Å²) in [7, 11) is 0. The molecule has 0 fully saturated rings. The number of halogens is 5. The van der Waals surface area contributed by atoms with Crippen molar-refractivity contribution in [1.29, 1.82) is 0 Å². The first-order valence-electron chi connectivity index (χ1n) is 7.59. The van der Waals surface area contributed by atoms with Crippen molar-refractivity contribution in [2.75, 3.05) is 0 Å². The predicted octanol–water partition coefficient (Wildman–Crippen LogP) is 5.98. The van der Waals surface area contributed by atoms with Gasteiger partial charge in [-0.3, -0.25) is 4.79 Å². The molecule has 0 aliphatic heterocycles. The van der Waals surface area contributed by atoms with Gasteiger partial charge in [0, 0.05) is 5.39 Å². The van der Waals surface area contributed by atoms with Crippen molar-refractivity contribution in [1.82, 2.24) is 9.78 Å². The van der Waals surface area contributed by atoms with Crippen LogP contribution in [0.3, 0.4) is 0 Å². The fraction of sp³-hybridized carbons (Fsp3) is 0.222. The van der Waals surface area contributed by atoms with Crippen LogP contribution in [0.1, 0.15) is 32.7 Å². The Labute approximate surface area is 157 Å². The molecule has 0 N–H and O–H groups in total. The molecule has 0 saturated heterocycles. The Kier molecular flexibility index (Phi) is 4.53. The molecule has 0 atom stereocenters. The third-order valence-corrected chi connectivity index (χ3v) is 4.97. The number of alkyl halides is 3. The molecule has 0 amide bonds. The number of hydrogen-bond acceptors (Lipinski definition) is 2. The van der Waals surface area contributed by atoms with Crippen molar-refractivity contribution in [2.45, 2.75) is 26.9 Å². The number of nitrogens with zero attached hydrogens (tertiary/aromatic N) is 2. The molecule has 0 aliphatic rings. The van der Waals surface area contributed by atoms with Gasteiger partial charge in [-0.1, -0.05) is 29.3 Å². The third-order valence-electron chi connectivity index (χ3n) is 4.17. The fourth-order valence-corrected chi connectivity index (χ4v) is 3.39. The second-order valence-electron chi connectivity index (χ2n) is 6.04. The van der Waals surface area contributed by atoms with Crippen molar-refractivity contribution in [3.8, 4) is 0 Å². The third kappa shape index (κ3) is 2.97. The van der Waals surface area contributed by atoms with E-state index in [1.54, 1.807) is 26.0 Å². The van der Waals surface area contributed by atoms with E-state index in [9.17, 15) is 18.0 Å². The van der Waals surface area contributed by atoms with Gasteiger partial charge in [0.25, 0.3) is 5.91 Å². The molecule has 1 aromatic heterocycles. The number of benzene rings is 2. The highest BCUT2D eigenvalue weighted by atomic mass is 35.5. The van der Waals surface area contributed by atoms with Crippen molar-refractivity contribution in [3.05, 3.63) is 62.3 Å². The Morgan fingerprint density at radius 1 is 1.08 bits per heavy atom. The van der Waals surface area contributed by atoms with Gasteiger partial charge in [-0.15, -0.1) is 0 Å². The number of aryl methyl sites for hydroxylation is 3. The summed E-state index contributed by atoms with van der Waals surface area (Å²) in [6.45, 7) is 4.77. The molecule has 26 heavy (non-hydrogen) atoms. The van der Waals surface area contributed by atoms with Crippen LogP contribution in [-0.2, 0) is 6.18 Å². The first-order chi connectivity index (χ1) is 12.0. The Hall–Kier alpha value is -2.05. The standard InChI is InChI=1S/C18H13Cl2F3N2O/c1-8-4-5-13(19)14(15(8)20)17(26)25-16-9(2)6-11(18(21,22)23)7-12(16)10(3)24-25/h4-7H,1-3H3. The average molecular weight is 401 g/mol. The highest BCUT2D eigenvalue weighted by molar-refractivity contribution is 6.40. The van der Waals surface area contributed by atoms with E-state index in [4.69, 9.17) is 23.2 Å². The quantitative estimate of drug-likeness (QED) is 0.503. The first-order valence-corrected chi connectivity index (χ1v) is 8.34. The number of rotatable bonds is 1. The van der Waals surface area contributed by atoms with Crippen LogP contribution in [0.15, 0.2) is 24.3 Å². The second kappa shape index (κ2) is 6.28. The van der Waals surface area contributed by atoms with E-state index in [1.807, 2.05) is 0 Å². The van der Waals surface area contributed by atoms with Crippen LogP contribution in [0, 0.1) is 20.8 Å². The summed E-state index contributed by atoms with van der Waals surface area (Å²) in [5, 5.41) is 4.74. The molecule has 0 bridgehead atoms. The molecule has 8 heteroatoms. The molecule has 1 heterocycles. The fourth-order valence-electron chi connectivity index (χ4n) is 2.86. The molecule has 0 saturated carbocycles. The van der Waals surface area contributed by atoms with Gasteiger partial charge in [0.2, 0.25) is 0 Å². The average Bonchev–Trinajstić information content (AvgIpc) is 2.88. The summed E-state index contributed by atoms with van der Waals surface area (Å²) < 4.78 is 40.3. The number of hydrogen-bond donors (Lipinski definition) is 0. The largest absolute Gasteiger partial charge is 0.416 e. The van der Waals surface area contributed by atoms with Crippen LogP contribution in [0.2, 0.25) is 10.0 Å². The van der Waals surface area contributed by atoms with Gasteiger partial charge in [-0.05, 0) is 50.1 Å². The lowest BCUT2D eigenvalue weighted by Gasteiger charge is -2.11. The van der Waals surface area contributed by atoms with Crippen LogP contribution >= 0.6 is 23.2 Å². The number of carbonyl (C=O) groups is 1. The van der Waals surface area contributed by atoms with Gasteiger partial charge in [0.1, 0.15) is 0 Å². The van der Waals surface area contributed by atoms with Crippen LogP contribution in [0.5, 0.6) is 0 Å². The summed E-state index contributed by atoms with van der Waals surface area (Å²) >= 11 is 12.4. The minimum atomic E-state index is -4.49. The van der Waals surface area contributed by atoms with Gasteiger partial charge < -0.3 is 0 Å². The Balaban J connectivity index is 2.28. The topological polar surface area (TPSA) is 34.9 Å². The predicted molar refractivity (Wildman–Crippen MR) is 95.1 cm³/mol. The van der Waals surface area contributed by atoms with E-state index in [1.165, 1.54) is 6.92 Å². The van der Waals surface area contributed by atoms with Crippen LogP contribution in [-0.4, -0.2) is 15.7 Å². The monoisotopic (exact) mass is 400 g/mol. The van der Waals surface area contributed by atoms with Gasteiger partial charge in [0.15, 0.2) is 0 Å². The van der Waals surface area contributed by atoms with Crippen LogP contribution in [0.25, 0.3) is 10.9 Å². The van der Waals surface area contributed by atoms with E-state index >= 15 is 0 Å². The first kappa shape index (κ1) is 18.7. The molecule has 2 aromatic carbocycles. The van der Waals surface area contributed by atoms with Crippen molar-refractivity contribution in [2.24, 2.45) is 0 Å². The van der Waals surface area contributed by atoms with Gasteiger partial charge >= 0.3 is 6.18 Å². The maximum Gasteiger partial charge on any atom is 0.416 e. The lowest BCUT2D eigenvalue weighted by molar-refractivity contribution is -0.137. The molecule has 0 spiro atoms. The summed E-state index contributed by atoms with van der Waals surface area (Å²) in [6.07, 6.45) is -4.49. The maximum absolute atomic E-state index is 13.1. The normalized spacial score (nSPS) is 12.0. The molecule has 3 nitrogen and oxygen atoms in total. The number of aromatic nitrogens is 2. The molecule has 0 aliphatic carbocycles. The van der Waals surface area contributed by atoms with E-state index in [0.29, 0.717) is 16.8 Å². The lowest BCUT2D eigenvalue weighted by atomic mass is 10.1. The van der Waals surface area contributed by atoms with E-state index < -0.39 is 17.6 Å². The molecule has 3 aromatic rings. The zero-order chi connectivity index (χ0) is 19.4. The number of fused-ring (bicyclic) bond motifs is 1. The molecular formula is C18H13Cl2F3N2O. The lowest BCUT2D eigenvalue weighted by Crippen LogP contribution is -2.16. The Morgan fingerprint density at radius 2 is 1.73 bits per heavy atom. The van der Waals surface area contributed by atoms with Crippen molar-refractivity contribution in [3.63, 3.8) is 0 Å². The van der Waals surface area contributed by atoms with Crippen LogP contribution < -0.4 is 0 Å². The highest BCUT2D eigenvalue weighted by Gasteiger charge is 2.32. The van der Waals surface area contributed by atoms with Gasteiger partial charge in [-0.2, -0.15) is 23.0 Å². The molecule has 136 valence electrons. The zero-order valence-electron chi connectivity index (χ0n) is 14.0. The Morgan fingerprint density at radius 3 is 2.35 bits per heavy atom. The minimum Gasteiger partial charge on any atom is -0.267 e. The summed E-state index contributed by atoms with van der Waals surface area (Å²) in [6, 6.07) is 5.21. The minimum absolute atomic E-state index is 0.0667. The number of carbonyl (C=O) groups excluding carboxylic acids is 1.